The summed E-state index contributed by atoms with van der Waals surface area (Å²) in [4.78, 5) is 10.6. The average Bonchev–Trinajstić information content (AvgIpc) is 2.99. The first kappa shape index (κ1) is 15.1. The summed E-state index contributed by atoms with van der Waals surface area (Å²) < 4.78 is 10.4. The van der Waals surface area contributed by atoms with Crippen molar-refractivity contribution in [3.63, 3.8) is 0 Å². The Balaban J connectivity index is 1.74. The molecule has 0 aromatic heterocycles. The molecule has 0 amide bonds. The van der Waals surface area contributed by atoms with Crippen LogP contribution in [0.4, 0.5) is 5.69 Å². The lowest BCUT2D eigenvalue weighted by molar-refractivity contribution is -0.385. The third-order valence-electron chi connectivity index (χ3n) is 3.24. The lowest BCUT2D eigenvalue weighted by Gasteiger charge is -2.03. The number of rotatable bonds is 5. The van der Waals surface area contributed by atoms with Gasteiger partial charge in [0, 0.05) is 5.02 Å². The van der Waals surface area contributed by atoms with Gasteiger partial charge in [0.1, 0.15) is 0 Å². The van der Waals surface area contributed by atoms with Gasteiger partial charge in [-0.2, -0.15) is 5.10 Å². The van der Waals surface area contributed by atoms with E-state index < -0.39 is 4.92 Å². The molecule has 3 rings (SSSR count). The van der Waals surface area contributed by atoms with Crippen LogP contribution in [0.2, 0.25) is 5.02 Å². The van der Waals surface area contributed by atoms with Gasteiger partial charge in [-0.25, -0.2) is 0 Å². The molecule has 118 valence electrons. The van der Waals surface area contributed by atoms with Gasteiger partial charge in [0.25, 0.3) is 5.69 Å². The highest BCUT2D eigenvalue weighted by molar-refractivity contribution is 6.31. The van der Waals surface area contributed by atoms with Gasteiger partial charge in [-0.15, -0.1) is 0 Å². The molecule has 0 saturated heterocycles. The average molecular weight is 334 g/mol. The molecule has 8 heteroatoms. The van der Waals surface area contributed by atoms with Crippen molar-refractivity contribution in [1.29, 1.82) is 0 Å². The Hall–Kier alpha value is -2.80. The standard InChI is InChI=1S/C15H12ClN3O4/c16-12-4-2-1-3-10(12)7-17-18-8-11-5-14-15(23-9-22-14)6-13(11)19(20)21/h1-6,8,17H,7,9H2/b18-8-. The highest BCUT2D eigenvalue weighted by Crippen LogP contribution is 2.37. The number of nitro groups is 1. The van der Waals surface area contributed by atoms with Gasteiger partial charge >= 0.3 is 0 Å². The van der Waals surface area contributed by atoms with E-state index in [1.165, 1.54) is 18.3 Å². The fourth-order valence-electron chi connectivity index (χ4n) is 2.10. The predicted molar refractivity (Wildman–Crippen MR) is 85.1 cm³/mol. The molecule has 2 aromatic carbocycles. The van der Waals surface area contributed by atoms with Crippen LogP contribution in [0.25, 0.3) is 0 Å². The van der Waals surface area contributed by atoms with Crippen molar-refractivity contribution in [3.8, 4) is 11.5 Å². The van der Waals surface area contributed by atoms with E-state index in [0.29, 0.717) is 28.6 Å². The van der Waals surface area contributed by atoms with Gasteiger partial charge in [-0.1, -0.05) is 29.8 Å². The van der Waals surface area contributed by atoms with Gasteiger partial charge in [0.05, 0.1) is 29.3 Å². The molecule has 0 radical (unpaired) electrons. The SMILES string of the molecule is O=[N+]([O-])c1cc2c(cc1/C=N\NCc1ccccc1Cl)OCO2. The van der Waals surface area contributed by atoms with Crippen LogP contribution in [0.15, 0.2) is 41.5 Å². The van der Waals surface area contributed by atoms with Gasteiger partial charge in [-0.05, 0) is 17.7 Å². The zero-order chi connectivity index (χ0) is 16.2. The molecule has 1 N–H and O–H groups in total. The Morgan fingerprint density at radius 1 is 1.30 bits per heavy atom. The fourth-order valence-corrected chi connectivity index (χ4v) is 2.30. The number of halogens is 1. The van der Waals surface area contributed by atoms with Crippen LogP contribution in [0.3, 0.4) is 0 Å². The smallest absolute Gasteiger partial charge is 0.282 e. The van der Waals surface area contributed by atoms with Gasteiger partial charge in [0.2, 0.25) is 6.79 Å². The first-order valence-electron chi connectivity index (χ1n) is 6.72. The lowest BCUT2D eigenvalue weighted by atomic mass is 10.1. The number of nitrogens with one attached hydrogen (secondary N) is 1. The summed E-state index contributed by atoms with van der Waals surface area (Å²) in [6.07, 6.45) is 1.37. The maximum atomic E-state index is 11.1. The number of hydrogen-bond acceptors (Lipinski definition) is 6. The number of hydrazone groups is 1. The molecular formula is C15H12ClN3O4. The first-order valence-corrected chi connectivity index (χ1v) is 7.10. The molecule has 2 aromatic rings. The third kappa shape index (κ3) is 3.35. The zero-order valence-electron chi connectivity index (χ0n) is 11.9. The molecule has 0 fully saturated rings. The molecule has 0 saturated carbocycles. The fraction of sp³-hybridized carbons (Fsp3) is 0.133. The van der Waals surface area contributed by atoms with Crippen LogP contribution in [-0.4, -0.2) is 17.9 Å². The molecule has 1 aliphatic rings. The molecule has 23 heavy (non-hydrogen) atoms. The highest BCUT2D eigenvalue weighted by atomic mass is 35.5. The summed E-state index contributed by atoms with van der Waals surface area (Å²) in [7, 11) is 0. The van der Waals surface area contributed by atoms with E-state index >= 15 is 0 Å². The van der Waals surface area contributed by atoms with Crippen LogP contribution in [0, 0.1) is 10.1 Å². The van der Waals surface area contributed by atoms with E-state index in [9.17, 15) is 10.1 Å². The molecular weight excluding hydrogens is 322 g/mol. The second-order valence-electron chi connectivity index (χ2n) is 4.71. The number of benzene rings is 2. The molecule has 1 heterocycles. The van der Waals surface area contributed by atoms with Crippen LogP contribution in [0.5, 0.6) is 11.5 Å². The van der Waals surface area contributed by atoms with Crippen molar-refractivity contribution < 1.29 is 14.4 Å². The van der Waals surface area contributed by atoms with E-state index in [0.717, 1.165) is 5.56 Å². The first-order chi connectivity index (χ1) is 11.1. The largest absolute Gasteiger partial charge is 0.454 e. The van der Waals surface area contributed by atoms with Crippen molar-refractivity contribution in [1.82, 2.24) is 5.43 Å². The topological polar surface area (TPSA) is 86.0 Å². The molecule has 0 bridgehead atoms. The molecule has 0 aliphatic carbocycles. The van der Waals surface area contributed by atoms with Gasteiger partial charge < -0.3 is 14.9 Å². The van der Waals surface area contributed by atoms with E-state index in [1.807, 2.05) is 18.2 Å². The van der Waals surface area contributed by atoms with E-state index in [-0.39, 0.29) is 12.5 Å². The summed E-state index contributed by atoms with van der Waals surface area (Å²) in [6, 6.07) is 10.2. The van der Waals surface area contributed by atoms with Crippen molar-refractivity contribution >= 4 is 23.5 Å². The lowest BCUT2D eigenvalue weighted by Crippen LogP contribution is -2.06. The zero-order valence-corrected chi connectivity index (χ0v) is 12.6. The minimum atomic E-state index is -0.489. The summed E-state index contributed by atoms with van der Waals surface area (Å²) in [5, 5.41) is 15.8. The minimum Gasteiger partial charge on any atom is -0.454 e. The number of nitro benzene ring substituents is 1. The molecule has 1 aliphatic heterocycles. The molecule has 0 unspecified atom stereocenters. The predicted octanol–water partition coefficient (Wildman–Crippen LogP) is 3.10. The molecule has 7 nitrogen and oxygen atoms in total. The van der Waals surface area contributed by atoms with Crippen LogP contribution in [-0.2, 0) is 6.54 Å². The number of nitrogens with zero attached hydrogens (tertiary/aromatic N) is 2. The third-order valence-corrected chi connectivity index (χ3v) is 3.61. The van der Waals surface area contributed by atoms with Crippen LogP contribution >= 0.6 is 11.6 Å². The van der Waals surface area contributed by atoms with E-state index in [2.05, 4.69) is 10.5 Å². The van der Waals surface area contributed by atoms with Crippen molar-refractivity contribution in [3.05, 3.63) is 62.7 Å². The molecule has 0 atom stereocenters. The quantitative estimate of drug-likeness (QED) is 0.516. The number of ether oxygens (including phenoxy) is 2. The van der Waals surface area contributed by atoms with Crippen LogP contribution < -0.4 is 14.9 Å². The van der Waals surface area contributed by atoms with Gasteiger partial charge in [-0.3, -0.25) is 10.1 Å². The number of hydrogen-bond donors (Lipinski definition) is 1. The number of fused-ring (bicyclic) bond motifs is 1. The van der Waals surface area contributed by atoms with Crippen molar-refractivity contribution in [2.24, 2.45) is 5.10 Å². The maximum absolute atomic E-state index is 11.1. The minimum absolute atomic E-state index is 0.0534. The Bertz CT molecular complexity index is 779. The van der Waals surface area contributed by atoms with Crippen LogP contribution in [0.1, 0.15) is 11.1 Å². The van der Waals surface area contributed by atoms with Gasteiger partial charge in [0.15, 0.2) is 11.5 Å². The second kappa shape index (κ2) is 6.53. The van der Waals surface area contributed by atoms with Crippen molar-refractivity contribution in [2.45, 2.75) is 6.54 Å². The maximum Gasteiger partial charge on any atom is 0.282 e. The summed E-state index contributed by atoms with van der Waals surface area (Å²) in [6.45, 7) is 0.465. The normalized spacial score (nSPS) is 12.6. The monoisotopic (exact) mass is 333 g/mol. The summed E-state index contributed by atoms with van der Waals surface area (Å²) in [5.74, 6) is 0.820. The summed E-state index contributed by atoms with van der Waals surface area (Å²) >= 11 is 6.04. The Labute approximate surface area is 136 Å². The van der Waals surface area contributed by atoms with E-state index in [1.54, 1.807) is 6.07 Å². The Morgan fingerprint density at radius 2 is 2.04 bits per heavy atom. The van der Waals surface area contributed by atoms with E-state index in [4.69, 9.17) is 21.1 Å². The highest BCUT2D eigenvalue weighted by Gasteiger charge is 2.22. The Kier molecular flexibility index (Phi) is 4.29. The second-order valence-corrected chi connectivity index (χ2v) is 5.11. The van der Waals surface area contributed by atoms with Crippen molar-refractivity contribution in [2.75, 3.05) is 6.79 Å². The Morgan fingerprint density at radius 3 is 2.78 bits per heavy atom. The molecule has 0 spiro atoms. The summed E-state index contributed by atoms with van der Waals surface area (Å²) in [5.41, 5.74) is 3.92.